The third-order valence-electron chi connectivity index (χ3n) is 3.94. The Bertz CT molecular complexity index is 1080. The fraction of sp³-hybridized carbons (Fsp3) is 0.0526. The number of rotatable bonds is 4. The number of hydrogen-bond donors (Lipinski definition) is 1. The van der Waals surface area contributed by atoms with Crippen LogP contribution in [-0.4, -0.2) is 17.1 Å². The summed E-state index contributed by atoms with van der Waals surface area (Å²) in [5, 5.41) is 7.67. The second-order valence-electron chi connectivity index (χ2n) is 5.53. The molecule has 0 saturated heterocycles. The molecule has 0 saturated carbocycles. The highest BCUT2D eigenvalue weighted by atomic mass is 35.5. The lowest BCUT2D eigenvalue weighted by molar-refractivity contribution is 0.417. The highest BCUT2D eigenvalue weighted by Crippen LogP contribution is 2.39. The van der Waals surface area contributed by atoms with Gasteiger partial charge in [-0.1, -0.05) is 35.3 Å². The fourth-order valence-electron chi connectivity index (χ4n) is 2.72. The molecular formula is C19H13Cl2N3OS. The van der Waals surface area contributed by atoms with Gasteiger partial charge >= 0.3 is 0 Å². The molecule has 2 aromatic carbocycles. The van der Waals surface area contributed by atoms with Crippen molar-refractivity contribution >= 4 is 56.3 Å². The van der Waals surface area contributed by atoms with Crippen LogP contribution in [0.3, 0.4) is 0 Å². The van der Waals surface area contributed by atoms with E-state index < -0.39 is 0 Å². The summed E-state index contributed by atoms with van der Waals surface area (Å²) in [6.07, 6.45) is 1.55. The quantitative estimate of drug-likeness (QED) is 0.428. The molecule has 4 aromatic rings. The molecule has 0 aliphatic carbocycles. The van der Waals surface area contributed by atoms with Crippen LogP contribution < -0.4 is 10.1 Å². The van der Waals surface area contributed by atoms with Crippen LogP contribution in [0.4, 0.5) is 11.5 Å². The van der Waals surface area contributed by atoms with Gasteiger partial charge in [0, 0.05) is 21.0 Å². The lowest BCUT2D eigenvalue weighted by Gasteiger charge is -2.12. The van der Waals surface area contributed by atoms with Gasteiger partial charge in [-0.3, -0.25) is 0 Å². The van der Waals surface area contributed by atoms with E-state index in [1.54, 1.807) is 30.8 Å². The number of benzene rings is 2. The summed E-state index contributed by atoms with van der Waals surface area (Å²) in [5.74, 6) is 1.38. The maximum Gasteiger partial charge on any atom is 0.143 e. The van der Waals surface area contributed by atoms with Crippen LogP contribution in [0.15, 0.2) is 54.2 Å². The minimum atomic E-state index is 0.613. The predicted molar refractivity (Wildman–Crippen MR) is 109 cm³/mol. The molecule has 26 heavy (non-hydrogen) atoms. The van der Waals surface area contributed by atoms with Crippen molar-refractivity contribution in [2.24, 2.45) is 0 Å². The van der Waals surface area contributed by atoms with E-state index in [-0.39, 0.29) is 0 Å². The first kappa shape index (κ1) is 17.1. The largest absolute Gasteiger partial charge is 0.495 e. The lowest BCUT2D eigenvalue weighted by Crippen LogP contribution is -1.98. The van der Waals surface area contributed by atoms with E-state index in [0.29, 0.717) is 21.6 Å². The minimum absolute atomic E-state index is 0.613. The number of thiophene rings is 1. The average molecular weight is 402 g/mol. The predicted octanol–water partition coefficient (Wildman–Crippen LogP) is 6.42. The smallest absolute Gasteiger partial charge is 0.143 e. The molecule has 2 aromatic heterocycles. The van der Waals surface area contributed by atoms with Gasteiger partial charge in [0.15, 0.2) is 0 Å². The molecule has 4 rings (SSSR count). The standard InChI is InChI=1S/C19H13Cl2N3OS/c1-25-16-7-6-13(21)8-15(16)24-18-17-14(9-26-19(17)23-10-22-18)11-2-4-12(20)5-3-11/h2-10H,1H3,(H,22,23,24). The first-order chi connectivity index (χ1) is 12.7. The first-order valence-corrected chi connectivity index (χ1v) is 9.38. The topological polar surface area (TPSA) is 47.0 Å². The summed E-state index contributed by atoms with van der Waals surface area (Å²) < 4.78 is 5.42. The Kier molecular flexibility index (Phi) is 4.68. The Labute approximate surface area is 164 Å². The van der Waals surface area contributed by atoms with Crippen molar-refractivity contribution in [3.63, 3.8) is 0 Å². The molecule has 0 fully saturated rings. The zero-order valence-electron chi connectivity index (χ0n) is 13.7. The van der Waals surface area contributed by atoms with Crippen molar-refractivity contribution in [3.05, 3.63) is 64.2 Å². The third-order valence-corrected chi connectivity index (χ3v) is 5.31. The molecule has 0 bridgehead atoms. The maximum atomic E-state index is 6.14. The zero-order valence-corrected chi connectivity index (χ0v) is 16.0. The number of fused-ring (bicyclic) bond motifs is 1. The van der Waals surface area contributed by atoms with Crippen LogP contribution in [-0.2, 0) is 0 Å². The van der Waals surface area contributed by atoms with E-state index in [0.717, 1.165) is 27.0 Å². The van der Waals surface area contributed by atoms with E-state index in [9.17, 15) is 0 Å². The number of halogens is 2. The van der Waals surface area contributed by atoms with Crippen LogP contribution in [0.1, 0.15) is 0 Å². The molecule has 0 aliphatic heterocycles. The maximum absolute atomic E-state index is 6.14. The molecule has 7 heteroatoms. The number of ether oxygens (including phenoxy) is 1. The summed E-state index contributed by atoms with van der Waals surface area (Å²) in [4.78, 5) is 9.73. The number of hydrogen-bond acceptors (Lipinski definition) is 5. The van der Waals surface area contributed by atoms with Crippen molar-refractivity contribution in [1.82, 2.24) is 9.97 Å². The fourth-order valence-corrected chi connectivity index (χ4v) is 3.93. The van der Waals surface area contributed by atoms with Crippen LogP contribution >= 0.6 is 34.5 Å². The third kappa shape index (κ3) is 3.21. The Morgan fingerprint density at radius 2 is 1.77 bits per heavy atom. The van der Waals surface area contributed by atoms with Gasteiger partial charge in [0.05, 0.1) is 18.2 Å². The molecule has 0 aliphatic rings. The van der Waals surface area contributed by atoms with E-state index in [1.807, 2.05) is 36.4 Å². The Morgan fingerprint density at radius 1 is 1.00 bits per heavy atom. The molecule has 2 heterocycles. The van der Waals surface area contributed by atoms with E-state index in [2.05, 4.69) is 20.7 Å². The first-order valence-electron chi connectivity index (χ1n) is 7.74. The van der Waals surface area contributed by atoms with Crippen LogP contribution in [0.25, 0.3) is 21.3 Å². The monoisotopic (exact) mass is 401 g/mol. The SMILES string of the molecule is COc1ccc(Cl)cc1Nc1ncnc2scc(-c3ccc(Cl)cc3)c12. The molecule has 0 atom stereocenters. The highest BCUT2D eigenvalue weighted by molar-refractivity contribution is 7.17. The van der Waals surface area contributed by atoms with Gasteiger partial charge < -0.3 is 10.1 Å². The van der Waals surface area contributed by atoms with Crippen LogP contribution in [0.2, 0.25) is 10.0 Å². The average Bonchev–Trinajstić information content (AvgIpc) is 3.08. The summed E-state index contributed by atoms with van der Waals surface area (Å²) >= 11 is 13.7. The van der Waals surface area contributed by atoms with E-state index in [1.165, 1.54) is 0 Å². The summed E-state index contributed by atoms with van der Waals surface area (Å²) in [7, 11) is 1.62. The zero-order chi connectivity index (χ0) is 18.1. The summed E-state index contributed by atoms with van der Waals surface area (Å²) in [6.45, 7) is 0. The highest BCUT2D eigenvalue weighted by Gasteiger charge is 2.15. The number of nitrogens with one attached hydrogen (secondary N) is 1. The van der Waals surface area contributed by atoms with Crippen molar-refractivity contribution in [2.45, 2.75) is 0 Å². The van der Waals surface area contributed by atoms with Gasteiger partial charge in [0.25, 0.3) is 0 Å². The molecule has 4 nitrogen and oxygen atoms in total. The van der Waals surface area contributed by atoms with Gasteiger partial charge in [-0.2, -0.15) is 0 Å². The molecular weight excluding hydrogens is 389 g/mol. The number of anilines is 2. The van der Waals surface area contributed by atoms with Crippen molar-refractivity contribution < 1.29 is 4.74 Å². The number of nitrogens with zero attached hydrogens (tertiary/aromatic N) is 2. The normalized spacial score (nSPS) is 10.9. The van der Waals surface area contributed by atoms with Crippen molar-refractivity contribution in [2.75, 3.05) is 12.4 Å². The van der Waals surface area contributed by atoms with E-state index >= 15 is 0 Å². The van der Waals surface area contributed by atoms with E-state index in [4.69, 9.17) is 27.9 Å². The molecule has 0 radical (unpaired) electrons. The van der Waals surface area contributed by atoms with Crippen LogP contribution in [0.5, 0.6) is 5.75 Å². The number of methoxy groups -OCH3 is 1. The van der Waals surface area contributed by atoms with Gasteiger partial charge in [-0.15, -0.1) is 11.3 Å². The minimum Gasteiger partial charge on any atom is -0.495 e. The Morgan fingerprint density at radius 3 is 2.54 bits per heavy atom. The van der Waals surface area contributed by atoms with Gasteiger partial charge in [0.1, 0.15) is 22.7 Å². The Balaban J connectivity index is 1.85. The lowest BCUT2D eigenvalue weighted by atomic mass is 10.1. The molecule has 0 unspecified atom stereocenters. The van der Waals surface area contributed by atoms with Crippen LogP contribution in [0, 0.1) is 0 Å². The Hall–Kier alpha value is -2.34. The van der Waals surface area contributed by atoms with Gasteiger partial charge in [-0.05, 0) is 35.9 Å². The molecule has 1 N–H and O–H groups in total. The van der Waals surface area contributed by atoms with Crippen molar-refractivity contribution in [1.29, 1.82) is 0 Å². The van der Waals surface area contributed by atoms with Crippen molar-refractivity contribution in [3.8, 4) is 16.9 Å². The number of aromatic nitrogens is 2. The summed E-state index contributed by atoms with van der Waals surface area (Å²) in [5.41, 5.74) is 2.84. The van der Waals surface area contributed by atoms with Gasteiger partial charge in [-0.25, -0.2) is 9.97 Å². The van der Waals surface area contributed by atoms with Gasteiger partial charge in [0.2, 0.25) is 0 Å². The second kappa shape index (κ2) is 7.11. The molecule has 0 spiro atoms. The molecule has 130 valence electrons. The molecule has 0 amide bonds. The summed E-state index contributed by atoms with van der Waals surface area (Å²) in [6, 6.07) is 13.1. The second-order valence-corrected chi connectivity index (χ2v) is 7.26.